The molecule has 2 aromatic rings. The van der Waals surface area contributed by atoms with Gasteiger partial charge in [0.15, 0.2) is 0 Å². The van der Waals surface area contributed by atoms with Gasteiger partial charge >= 0.3 is 5.97 Å². The zero-order valence-corrected chi connectivity index (χ0v) is 14.9. The van der Waals surface area contributed by atoms with Gasteiger partial charge in [-0.1, -0.05) is 19.1 Å². The van der Waals surface area contributed by atoms with E-state index in [1.54, 1.807) is 30.5 Å². The lowest BCUT2D eigenvalue weighted by molar-refractivity contribution is 0.0602. The van der Waals surface area contributed by atoms with Crippen molar-refractivity contribution in [3.05, 3.63) is 47.9 Å². The average Bonchev–Trinajstić information content (AvgIpc) is 2.68. The molecule has 0 atom stereocenters. The van der Waals surface area contributed by atoms with Crippen molar-refractivity contribution in [2.24, 2.45) is 5.92 Å². The summed E-state index contributed by atoms with van der Waals surface area (Å²) < 4.78 is 4.73. The zero-order valence-electron chi connectivity index (χ0n) is 14.9. The molecule has 1 aromatic heterocycles. The van der Waals surface area contributed by atoms with Gasteiger partial charge in [-0.2, -0.15) is 0 Å². The van der Waals surface area contributed by atoms with Crippen LogP contribution in [0.5, 0.6) is 0 Å². The second kappa shape index (κ2) is 7.95. The van der Waals surface area contributed by atoms with Gasteiger partial charge in [0.05, 0.1) is 30.8 Å². The highest BCUT2D eigenvalue weighted by Gasteiger charge is 2.19. The van der Waals surface area contributed by atoms with Gasteiger partial charge in [-0.3, -0.25) is 4.79 Å². The van der Waals surface area contributed by atoms with Gasteiger partial charge in [-0.05, 0) is 30.9 Å². The van der Waals surface area contributed by atoms with Crippen molar-refractivity contribution in [1.29, 1.82) is 0 Å². The normalized spacial score (nSPS) is 14.8. The molecule has 0 bridgehead atoms. The van der Waals surface area contributed by atoms with E-state index in [1.165, 1.54) is 13.3 Å². The molecule has 3 rings (SSSR count). The molecule has 0 radical (unpaired) electrons. The Bertz CT molecular complexity index is 784. The fourth-order valence-corrected chi connectivity index (χ4v) is 2.91. The van der Waals surface area contributed by atoms with Gasteiger partial charge in [-0.25, -0.2) is 14.8 Å². The van der Waals surface area contributed by atoms with E-state index < -0.39 is 11.9 Å². The molecule has 1 fully saturated rings. The van der Waals surface area contributed by atoms with E-state index in [-0.39, 0.29) is 11.3 Å². The molecule has 7 heteroatoms. The Hall–Kier alpha value is -2.96. The third-order valence-electron chi connectivity index (χ3n) is 4.56. The van der Waals surface area contributed by atoms with Crippen LogP contribution in [0.1, 0.15) is 40.6 Å². The first kappa shape index (κ1) is 17.8. The van der Waals surface area contributed by atoms with E-state index in [9.17, 15) is 9.59 Å². The predicted molar refractivity (Wildman–Crippen MR) is 98.4 cm³/mol. The number of aromatic nitrogens is 2. The number of anilines is 2. The number of benzene rings is 1. The molecule has 26 heavy (non-hydrogen) atoms. The van der Waals surface area contributed by atoms with Crippen LogP contribution in [-0.4, -0.2) is 42.0 Å². The van der Waals surface area contributed by atoms with E-state index in [2.05, 4.69) is 27.1 Å². The monoisotopic (exact) mass is 354 g/mol. The van der Waals surface area contributed by atoms with Crippen LogP contribution in [0.25, 0.3) is 0 Å². The fraction of sp³-hybridized carbons (Fsp3) is 0.368. The standard InChI is InChI=1S/C19H22N4O3/c1-13-7-9-23(10-8-13)17-12-20-16(11-21-17)18(24)22-15-6-4-3-5-14(15)19(25)26-2/h3-6,11-13H,7-10H2,1-2H3,(H,22,24). The molecule has 1 N–H and O–H groups in total. The molecule has 0 spiro atoms. The van der Waals surface area contributed by atoms with Crippen LogP contribution in [0.15, 0.2) is 36.7 Å². The summed E-state index contributed by atoms with van der Waals surface area (Å²) in [4.78, 5) is 35.0. The number of esters is 1. The van der Waals surface area contributed by atoms with E-state index in [0.717, 1.165) is 37.7 Å². The maximum atomic E-state index is 12.4. The summed E-state index contributed by atoms with van der Waals surface area (Å²) in [5, 5.41) is 2.69. The molecular formula is C19H22N4O3. The first-order chi connectivity index (χ1) is 12.6. The number of piperidine rings is 1. The van der Waals surface area contributed by atoms with Gasteiger partial charge in [0.2, 0.25) is 0 Å². The number of para-hydroxylation sites is 1. The SMILES string of the molecule is COC(=O)c1ccccc1NC(=O)c1cnc(N2CCC(C)CC2)cn1. The molecule has 0 unspecified atom stereocenters. The third-order valence-corrected chi connectivity index (χ3v) is 4.56. The average molecular weight is 354 g/mol. The highest BCUT2D eigenvalue weighted by Crippen LogP contribution is 2.21. The molecule has 1 aliphatic heterocycles. The number of nitrogens with zero attached hydrogens (tertiary/aromatic N) is 3. The van der Waals surface area contributed by atoms with E-state index in [0.29, 0.717) is 5.69 Å². The van der Waals surface area contributed by atoms with Crippen molar-refractivity contribution in [2.75, 3.05) is 30.4 Å². The summed E-state index contributed by atoms with van der Waals surface area (Å²) >= 11 is 0. The number of hydrogen-bond donors (Lipinski definition) is 1. The van der Waals surface area contributed by atoms with Crippen LogP contribution in [0, 0.1) is 5.92 Å². The van der Waals surface area contributed by atoms with Crippen molar-refractivity contribution < 1.29 is 14.3 Å². The largest absolute Gasteiger partial charge is 0.465 e. The summed E-state index contributed by atoms with van der Waals surface area (Å²) in [7, 11) is 1.30. The summed E-state index contributed by atoms with van der Waals surface area (Å²) in [6.07, 6.45) is 5.35. The van der Waals surface area contributed by atoms with Crippen molar-refractivity contribution >= 4 is 23.4 Å². The minimum absolute atomic E-state index is 0.193. The number of ether oxygens (including phenoxy) is 1. The lowest BCUT2D eigenvalue weighted by Crippen LogP contribution is -2.33. The van der Waals surface area contributed by atoms with Crippen LogP contribution in [0.4, 0.5) is 11.5 Å². The van der Waals surface area contributed by atoms with Crippen LogP contribution in [0.3, 0.4) is 0 Å². The van der Waals surface area contributed by atoms with Gasteiger partial charge in [0.25, 0.3) is 5.91 Å². The number of rotatable bonds is 4. The summed E-state index contributed by atoms with van der Waals surface area (Å²) in [6, 6.07) is 6.67. The molecule has 7 nitrogen and oxygen atoms in total. The first-order valence-corrected chi connectivity index (χ1v) is 8.64. The minimum Gasteiger partial charge on any atom is -0.465 e. The van der Waals surface area contributed by atoms with Gasteiger partial charge in [-0.15, -0.1) is 0 Å². The smallest absolute Gasteiger partial charge is 0.339 e. The van der Waals surface area contributed by atoms with Crippen LogP contribution >= 0.6 is 0 Å². The molecule has 136 valence electrons. The van der Waals surface area contributed by atoms with Crippen LogP contribution in [0.2, 0.25) is 0 Å². The fourth-order valence-electron chi connectivity index (χ4n) is 2.91. The highest BCUT2D eigenvalue weighted by molar-refractivity contribution is 6.06. The first-order valence-electron chi connectivity index (χ1n) is 8.64. The Morgan fingerprint density at radius 3 is 2.54 bits per heavy atom. The highest BCUT2D eigenvalue weighted by atomic mass is 16.5. The van der Waals surface area contributed by atoms with Crippen molar-refractivity contribution in [3.8, 4) is 0 Å². The van der Waals surface area contributed by atoms with Gasteiger partial charge in [0, 0.05) is 13.1 Å². The molecule has 0 saturated carbocycles. The molecule has 1 aliphatic rings. The van der Waals surface area contributed by atoms with Crippen LogP contribution < -0.4 is 10.2 Å². The van der Waals surface area contributed by atoms with Gasteiger partial charge < -0.3 is 15.0 Å². The van der Waals surface area contributed by atoms with Crippen molar-refractivity contribution in [2.45, 2.75) is 19.8 Å². The van der Waals surface area contributed by atoms with Crippen molar-refractivity contribution in [3.63, 3.8) is 0 Å². The van der Waals surface area contributed by atoms with Crippen molar-refractivity contribution in [1.82, 2.24) is 9.97 Å². The van der Waals surface area contributed by atoms with Crippen LogP contribution in [-0.2, 0) is 4.74 Å². The maximum Gasteiger partial charge on any atom is 0.339 e. The lowest BCUT2D eigenvalue weighted by Gasteiger charge is -2.30. The van der Waals surface area contributed by atoms with E-state index in [4.69, 9.17) is 4.74 Å². The lowest BCUT2D eigenvalue weighted by atomic mass is 9.99. The Balaban J connectivity index is 1.70. The molecule has 2 heterocycles. The Labute approximate surface area is 152 Å². The predicted octanol–water partition coefficient (Wildman–Crippen LogP) is 2.75. The number of nitrogens with one attached hydrogen (secondary N) is 1. The number of carbonyl (C=O) groups is 2. The Morgan fingerprint density at radius 1 is 1.15 bits per heavy atom. The third kappa shape index (κ3) is 3.99. The van der Waals surface area contributed by atoms with Gasteiger partial charge in [0.1, 0.15) is 11.5 Å². The topological polar surface area (TPSA) is 84.4 Å². The minimum atomic E-state index is -0.512. The Kier molecular flexibility index (Phi) is 5.46. The molecule has 1 saturated heterocycles. The summed E-state index contributed by atoms with van der Waals surface area (Å²) in [5.41, 5.74) is 0.856. The molecule has 1 amide bonds. The number of hydrogen-bond acceptors (Lipinski definition) is 6. The zero-order chi connectivity index (χ0) is 18.5. The summed E-state index contributed by atoms with van der Waals surface area (Å²) in [6.45, 7) is 4.16. The number of amides is 1. The number of carbonyl (C=O) groups excluding carboxylic acids is 2. The van der Waals surface area contributed by atoms with E-state index >= 15 is 0 Å². The van der Waals surface area contributed by atoms with E-state index in [1.807, 2.05) is 0 Å². The second-order valence-electron chi connectivity index (χ2n) is 6.42. The summed E-state index contributed by atoms with van der Waals surface area (Å²) in [5.74, 6) is 0.580. The maximum absolute atomic E-state index is 12.4. The second-order valence-corrected chi connectivity index (χ2v) is 6.42. The Morgan fingerprint density at radius 2 is 1.88 bits per heavy atom. The quantitative estimate of drug-likeness (QED) is 0.850. The molecule has 0 aliphatic carbocycles. The number of methoxy groups -OCH3 is 1. The molecule has 1 aromatic carbocycles. The molecular weight excluding hydrogens is 332 g/mol.